The molecule has 0 saturated carbocycles. The molecule has 0 saturated heterocycles. The number of benzene rings is 2. The Bertz CT molecular complexity index is 1440. The third kappa shape index (κ3) is 6.17. The van der Waals surface area contributed by atoms with Crippen LogP contribution in [-0.2, 0) is 10.0 Å². The molecular weight excluding hydrogens is 517 g/mol. The van der Waals surface area contributed by atoms with Gasteiger partial charge in [0, 0.05) is 37.3 Å². The number of non-ortho nitro benzene ring substituents is 1. The number of carbonyl (C=O) groups is 1. The molecule has 1 atom stereocenters. The smallest absolute Gasteiger partial charge is 0.274 e. The number of nitrogens with one attached hydrogen (secondary N) is 1. The van der Waals surface area contributed by atoms with Crippen molar-refractivity contribution in [2.75, 3.05) is 13.6 Å². The minimum atomic E-state index is -4.24. The molecule has 1 aromatic heterocycles. The standard InChI is InChI=1S/C25H30FN5O6S/c1-6-14-29(5)24(32)23-17(4)25(30(27-23)19-10-8-18(26)9-11-19)37-21-13-12-20(31(33)34)15-22(21)38(35,36)28-16(3)7-2/h8-13,15-16,28H,6-7,14H2,1-5H3. The molecule has 13 heteroatoms. The molecule has 0 spiro atoms. The van der Waals surface area contributed by atoms with Crippen molar-refractivity contribution in [3.8, 4) is 17.3 Å². The SMILES string of the molecule is CCCN(C)C(=O)c1nn(-c2ccc(F)cc2)c(Oc2ccc([N+](=O)[O-])cc2S(=O)(=O)NC(C)CC)c1C. The third-order valence-corrected chi connectivity index (χ3v) is 7.46. The van der Waals surface area contributed by atoms with E-state index in [4.69, 9.17) is 4.74 Å². The summed E-state index contributed by atoms with van der Waals surface area (Å²) >= 11 is 0. The molecule has 0 aliphatic heterocycles. The summed E-state index contributed by atoms with van der Waals surface area (Å²) < 4.78 is 49.8. The summed E-state index contributed by atoms with van der Waals surface area (Å²) in [5, 5.41) is 15.8. The quantitative estimate of drug-likeness (QED) is 0.274. The number of halogens is 1. The Labute approximate surface area is 220 Å². The van der Waals surface area contributed by atoms with Crippen molar-refractivity contribution in [1.29, 1.82) is 0 Å². The number of sulfonamides is 1. The average molecular weight is 548 g/mol. The Morgan fingerprint density at radius 2 is 1.89 bits per heavy atom. The van der Waals surface area contributed by atoms with Crippen LogP contribution in [0, 0.1) is 22.9 Å². The molecule has 1 N–H and O–H groups in total. The number of ether oxygens (including phenoxy) is 1. The maximum atomic E-state index is 13.6. The number of nitro groups is 1. The fourth-order valence-electron chi connectivity index (χ4n) is 3.60. The summed E-state index contributed by atoms with van der Waals surface area (Å²) in [6.45, 7) is 7.44. The molecule has 3 rings (SSSR count). The van der Waals surface area contributed by atoms with Crippen LogP contribution in [0.4, 0.5) is 10.1 Å². The van der Waals surface area contributed by atoms with Crippen LogP contribution in [-0.4, -0.2) is 53.6 Å². The molecule has 11 nitrogen and oxygen atoms in total. The van der Waals surface area contributed by atoms with Crippen LogP contribution in [0.25, 0.3) is 5.69 Å². The molecule has 38 heavy (non-hydrogen) atoms. The van der Waals surface area contributed by atoms with E-state index in [9.17, 15) is 27.7 Å². The molecule has 2 aromatic carbocycles. The molecule has 204 valence electrons. The number of rotatable bonds is 11. The van der Waals surface area contributed by atoms with E-state index < -0.39 is 37.4 Å². The van der Waals surface area contributed by atoms with Crippen molar-refractivity contribution in [1.82, 2.24) is 19.4 Å². The first-order valence-corrected chi connectivity index (χ1v) is 13.5. The topological polar surface area (TPSA) is 137 Å². The van der Waals surface area contributed by atoms with Gasteiger partial charge in [0.15, 0.2) is 5.69 Å². The Morgan fingerprint density at radius 3 is 2.47 bits per heavy atom. The molecule has 0 bridgehead atoms. The lowest BCUT2D eigenvalue weighted by molar-refractivity contribution is -0.385. The molecule has 0 fully saturated rings. The summed E-state index contributed by atoms with van der Waals surface area (Å²) in [5.74, 6) is -1.08. The fraction of sp³-hybridized carbons (Fsp3) is 0.360. The molecule has 1 amide bonds. The molecule has 1 unspecified atom stereocenters. The van der Waals surface area contributed by atoms with Crippen LogP contribution >= 0.6 is 0 Å². The number of hydrogen-bond donors (Lipinski definition) is 1. The van der Waals surface area contributed by atoms with Gasteiger partial charge in [-0.15, -0.1) is 0 Å². The van der Waals surface area contributed by atoms with E-state index in [1.54, 1.807) is 27.8 Å². The van der Waals surface area contributed by atoms with Crippen LogP contribution in [0.5, 0.6) is 11.6 Å². The van der Waals surface area contributed by atoms with Crippen molar-refractivity contribution in [2.45, 2.75) is 51.5 Å². The lowest BCUT2D eigenvalue weighted by atomic mass is 10.2. The van der Waals surface area contributed by atoms with E-state index in [1.807, 2.05) is 6.92 Å². The zero-order valence-corrected chi connectivity index (χ0v) is 22.6. The number of carbonyl (C=O) groups excluding carboxylic acids is 1. The minimum absolute atomic E-state index is 0.00120. The summed E-state index contributed by atoms with van der Waals surface area (Å²) in [6.07, 6.45) is 1.20. The van der Waals surface area contributed by atoms with Crippen LogP contribution < -0.4 is 9.46 Å². The number of nitrogens with zero attached hydrogens (tertiary/aromatic N) is 4. The van der Waals surface area contributed by atoms with Crippen LogP contribution in [0.1, 0.15) is 49.7 Å². The van der Waals surface area contributed by atoms with Crippen molar-refractivity contribution in [3.63, 3.8) is 0 Å². The first kappa shape index (κ1) is 28.7. The highest BCUT2D eigenvalue weighted by Crippen LogP contribution is 2.36. The second-order valence-electron chi connectivity index (χ2n) is 8.81. The highest BCUT2D eigenvalue weighted by atomic mass is 32.2. The zero-order valence-electron chi connectivity index (χ0n) is 21.8. The predicted octanol–water partition coefficient (Wildman–Crippen LogP) is 4.58. The lowest BCUT2D eigenvalue weighted by Gasteiger charge is -2.16. The maximum absolute atomic E-state index is 13.6. The van der Waals surface area contributed by atoms with Gasteiger partial charge in [0.05, 0.1) is 10.6 Å². The van der Waals surface area contributed by atoms with E-state index in [0.717, 1.165) is 18.6 Å². The van der Waals surface area contributed by atoms with Gasteiger partial charge < -0.3 is 9.64 Å². The Kier molecular flexibility index (Phi) is 8.84. The van der Waals surface area contributed by atoms with Gasteiger partial charge in [0.1, 0.15) is 16.5 Å². The summed E-state index contributed by atoms with van der Waals surface area (Å²) in [6, 6.07) is 8.03. The fourth-order valence-corrected chi connectivity index (χ4v) is 5.07. The van der Waals surface area contributed by atoms with Gasteiger partial charge in [-0.2, -0.15) is 9.78 Å². The molecule has 0 radical (unpaired) electrons. The number of aromatic nitrogens is 2. The molecular formula is C25H30FN5O6S. The first-order chi connectivity index (χ1) is 17.9. The van der Waals surface area contributed by atoms with E-state index in [-0.39, 0.29) is 23.2 Å². The van der Waals surface area contributed by atoms with Gasteiger partial charge in [0.2, 0.25) is 15.9 Å². The average Bonchev–Trinajstić information content (AvgIpc) is 3.19. The van der Waals surface area contributed by atoms with Crippen molar-refractivity contribution in [2.24, 2.45) is 0 Å². The minimum Gasteiger partial charge on any atom is -0.437 e. The Morgan fingerprint density at radius 1 is 1.24 bits per heavy atom. The Hall–Kier alpha value is -3.84. The van der Waals surface area contributed by atoms with E-state index in [0.29, 0.717) is 24.2 Å². The second-order valence-corrected chi connectivity index (χ2v) is 10.5. The highest BCUT2D eigenvalue weighted by Gasteiger charge is 2.29. The number of amides is 1. The van der Waals surface area contributed by atoms with Gasteiger partial charge in [-0.05, 0) is 57.0 Å². The molecule has 1 heterocycles. The Balaban J connectivity index is 2.21. The summed E-state index contributed by atoms with van der Waals surface area (Å²) in [4.78, 5) is 24.9. The molecule has 0 aliphatic carbocycles. The number of nitro benzene ring substituents is 1. The van der Waals surface area contributed by atoms with Crippen LogP contribution in [0.15, 0.2) is 47.4 Å². The van der Waals surface area contributed by atoms with Gasteiger partial charge in [-0.25, -0.2) is 17.5 Å². The van der Waals surface area contributed by atoms with Crippen molar-refractivity contribution >= 4 is 21.6 Å². The van der Waals surface area contributed by atoms with E-state index in [1.165, 1.54) is 39.9 Å². The summed E-state index contributed by atoms with van der Waals surface area (Å²) in [5.41, 5.74) is 0.275. The van der Waals surface area contributed by atoms with Gasteiger partial charge in [-0.3, -0.25) is 14.9 Å². The van der Waals surface area contributed by atoms with E-state index >= 15 is 0 Å². The lowest BCUT2D eigenvalue weighted by Crippen LogP contribution is -2.32. The summed E-state index contributed by atoms with van der Waals surface area (Å²) in [7, 11) is -2.61. The third-order valence-electron chi connectivity index (χ3n) is 5.85. The van der Waals surface area contributed by atoms with Crippen LogP contribution in [0.2, 0.25) is 0 Å². The molecule has 0 aliphatic rings. The van der Waals surface area contributed by atoms with E-state index in [2.05, 4.69) is 9.82 Å². The van der Waals surface area contributed by atoms with Gasteiger partial charge >= 0.3 is 0 Å². The second kappa shape index (κ2) is 11.7. The monoisotopic (exact) mass is 547 g/mol. The molecule has 3 aromatic rings. The van der Waals surface area contributed by atoms with Gasteiger partial charge in [0.25, 0.3) is 11.6 Å². The van der Waals surface area contributed by atoms with Crippen molar-refractivity contribution < 1.29 is 27.3 Å². The first-order valence-electron chi connectivity index (χ1n) is 12.0. The van der Waals surface area contributed by atoms with Crippen LogP contribution in [0.3, 0.4) is 0 Å². The maximum Gasteiger partial charge on any atom is 0.274 e. The predicted molar refractivity (Wildman–Crippen MR) is 139 cm³/mol. The highest BCUT2D eigenvalue weighted by molar-refractivity contribution is 7.89. The van der Waals surface area contributed by atoms with Crippen molar-refractivity contribution in [3.05, 3.63) is 69.7 Å². The normalized spacial score (nSPS) is 12.3. The largest absolute Gasteiger partial charge is 0.437 e. The van der Waals surface area contributed by atoms with Gasteiger partial charge in [-0.1, -0.05) is 13.8 Å². The zero-order chi connectivity index (χ0) is 28.2. The number of hydrogen-bond acceptors (Lipinski definition) is 7.